The molecule has 1 heterocycles. The fourth-order valence-corrected chi connectivity index (χ4v) is 1.97. The maximum atomic E-state index is 13.6. The quantitative estimate of drug-likeness (QED) is 0.768. The van der Waals surface area contributed by atoms with E-state index < -0.39 is 23.5 Å². The van der Waals surface area contributed by atoms with Crippen LogP contribution in [0.25, 0.3) is 0 Å². The third kappa shape index (κ3) is 2.33. The molecule has 3 rings (SSSR count). The number of guanidine groups is 1. The van der Waals surface area contributed by atoms with Crippen LogP contribution in [-0.4, -0.2) is 23.8 Å². The lowest BCUT2D eigenvalue weighted by atomic mass is 9.95. The summed E-state index contributed by atoms with van der Waals surface area (Å²) in [5.74, 6) is -2.66. The fraction of sp³-hybridized carbons (Fsp3) is 0.308. The molecule has 0 radical (unpaired) electrons. The van der Waals surface area contributed by atoms with E-state index in [1.54, 1.807) is 6.07 Å². The summed E-state index contributed by atoms with van der Waals surface area (Å²) < 4.78 is 13.6. The van der Waals surface area contributed by atoms with Gasteiger partial charge < -0.3 is 0 Å². The second kappa shape index (κ2) is 4.46. The lowest BCUT2D eigenvalue weighted by Gasteiger charge is -2.23. The molecule has 6 heteroatoms. The molecule has 1 aromatic rings. The SMILES string of the molecule is O=C1NC(=NC2CC2)NC(=O)C1c1ccccc1F. The molecule has 0 bridgehead atoms. The molecular weight excluding hydrogens is 249 g/mol. The molecule has 98 valence electrons. The lowest BCUT2D eigenvalue weighted by molar-refractivity contribution is -0.131. The highest BCUT2D eigenvalue weighted by Crippen LogP contribution is 2.25. The molecule has 0 atom stereocenters. The highest BCUT2D eigenvalue weighted by molar-refractivity contribution is 6.20. The van der Waals surface area contributed by atoms with Crippen molar-refractivity contribution in [1.29, 1.82) is 0 Å². The molecule has 1 saturated heterocycles. The molecule has 5 nitrogen and oxygen atoms in total. The van der Waals surface area contributed by atoms with Gasteiger partial charge in [-0.2, -0.15) is 0 Å². The van der Waals surface area contributed by atoms with E-state index in [9.17, 15) is 14.0 Å². The fourth-order valence-electron chi connectivity index (χ4n) is 1.97. The lowest BCUT2D eigenvalue weighted by Crippen LogP contribution is -2.55. The maximum absolute atomic E-state index is 13.6. The first-order valence-electron chi connectivity index (χ1n) is 6.09. The zero-order chi connectivity index (χ0) is 13.4. The molecule has 1 aliphatic heterocycles. The van der Waals surface area contributed by atoms with Gasteiger partial charge in [0, 0.05) is 5.56 Å². The number of nitrogens with one attached hydrogen (secondary N) is 2. The van der Waals surface area contributed by atoms with Crippen LogP contribution < -0.4 is 10.6 Å². The minimum absolute atomic E-state index is 0.0722. The number of halogens is 1. The van der Waals surface area contributed by atoms with Crippen LogP contribution in [0.1, 0.15) is 24.3 Å². The Labute approximate surface area is 108 Å². The predicted octanol–water partition coefficient (Wildman–Crippen LogP) is 0.674. The van der Waals surface area contributed by atoms with Crippen LogP contribution in [0.15, 0.2) is 29.3 Å². The van der Waals surface area contributed by atoms with Gasteiger partial charge >= 0.3 is 0 Å². The van der Waals surface area contributed by atoms with Crippen molar-refractivity contribution in [3.05, 3.63) is 35.6 Å². The average Bonchev–Trinajstić information content (AvgIpc) is 3.14. The van der Waals surface area contributed by atoms with E-state index in [1.807, 2.05) is 0 Å². The monoisotopic (exact) mass is 261 g/mol. The molecule has 0 aromatic heterocycles. The van der Waals surface area contributed by atoms with Crippen molar-refractivity contribution in [2.75, 3.05) is 0 Å². The number of carbonyl (C=O) groups excluding carboxylic acids is 2. The maximum Gasteiger partial charge on any atom is 0.243 e. The van der Waals surface area contributed by atoms with Crippen LogP contribution in [-0.2, 0) is 9.59 Å². The summed E-state index contributed by atoms with van der Waals surface area (Å²) in [6, 6.07) is 5.94. The van der Waals surface area contributed by atoms with E-state index in [0.717, 1.165) is 12.8 Å². The van der Waals surface area contributed by atoms with Gasteiger partial charge in [-0.15, -0.1) is 0 Å². The number of benzene rings is 1. The van der Waals surface area contributed by atoms with Crippen molar-refractivity contribution in [2.45, 2.75) is 24.8 Å². The second-order valence-corrected chi connectivity index (χ2v) is 4.64. The summed E-state index contributed by atoms with van der Waals surface area (Å²) in [5.41, 5.74) is 0.0722. The number of hydrogen-bond acceptors (Lipinski definition) is 3. The van der Waals surface area contributed by atoms with Crippen molar-refractivity contribution in [1.82, 2.24) is 10.6 Å². The Morgan fingerprint density at radius 2 is 1.74 bits per heavy atom. The minimum Gasteiger partial charge on any atom is -0.295 e. The third-order valence-electron chi connectivity index (χ3n) is 3.08. The van der Waals surface area contributed by atoms with Crippen LogP contribution in [0.3, 0.4) is 0 Å². The van der Waals surface area contributed by atoms with Gasteiger partial charge in [-0.1, -0.05) is 18.2 Å². The van der Waals surface area contributed by atoms with Crippen LogP contribution in [0.5, 0.6) is 0 Å². The van der Waals surface area contributed by atoms with Gasteiger partial charge in [0.25, 0.3) is 0 Å². The standard InChI is InChI=1S/C13H12FN3O2/c14-9-4-2-1-3-8(9)10-11(18)16-13(17-12(10)19)15-7-5-6-7/h1-4,7,10H,5-6H2,(H2,15,16,17,18,19). The van der Waals surface area contributed by atoms with Gasteiger partial charge in [0.15, 0.2) is 0 Å². The number of aliphatic imine (C=N–C) groups is 1. The van der Waals surface area contributed by atoms with Crippen LogP contribution in [0.4, 0.5) is 4.39 Å². The largest absolute Gasteiger partial charge is 0.295 e. The Hall–Kier alpha value is -2.24. The number of rotatable bonds is 2. The number of nitrogens with zero attached hydrogens (tertiary/aromatic N) is 1. The van der Waals surface area contributed by atoms with Crippen LogP contribution in [0.2, 0.25) is 0 Å². The van der Waals surface area contributed by atoms with Crippen molar-refractivity contribution in [3.63, 3.8) is 0 Å². The van der Waals surface area contributed by atoms with Crippen molar-refractivity contribution >= 4 is 17.8 Å². The molecule has 2 fully saturated rings. The second-order valence-electron chi connectivity index (χ2n) is 4.64. The van der Waals surface area contributed by atoms with Gasteiger partial charge in [0.2, 0.25) is 17.8 Å². The summed E-state index contributed by atoms with van der Waals surface area (Å²) >= 11 is 0. The zero-order valence-corrected chi connectivity index (χ0v) is 10.0. The molecular formula is C13H12FN3O2. The van der Waals surface area contributed by atoms with E-state index >= 15 is 0 Å². The molecule has 19 heavy (non-hydrogen) atoms. The Kier molecular flexibility index (Phi) is 2.77. The molecule has 0 spiro atoms. The Bertz CT molecular complexity index is 561. The molecule has 1 aromatic carbocycles. The smallest absolute Gasteiger partial charge is 0.243 e. The van der Waals surface area contributed by atoms with Gasteiger partial charge in [-0.3, -0.25) is 20.2 Å². The molecule has 0 unspecified atom stereocenters. The first kappa shape index (κ1) is 11.8. The van der Waals surface area contributed by atoms with Gasteiger partial charge in [-0.05, 0) is 18.9 Å². The zero-order valence-electron chi connectivity index (χ0n) is 10.0. The molecule has 1 saturated carbocycles. The van der Waals surface area contributed by atoms with E-state index in [-0.39, 0.29) is 17.6 Å². The minimum atomic E-state index is -1.17. The summed E-state index contributed by atoms with van der Waals surface area (Å²) in [4.78, 5) is 28.1. The Balaban J connectivity index is 1.86. The number of amides is 2. The Morgan fingerprint density at radius 1 is 1.11 bits per heavy atom. The van der Waals surface area contributed by atoms with E-state index in [1.165, 1.54) is 18.2 Å². The van der Waals surface area contributed by atoms with E-state index in [4.69, 9.17) is 0 Å². The van der Waals surface area contributed by atoms with E-state index in [2.05, 4.69) is 15.6 Å². The molecule has 2 aliphatic rings. The topological polar surface area (TPSA) is 70.6 Å². The summed E-state index contributed by atoms with van der Waals surface area (Å²) in [6.07, 6.45) is 1.93. The summed E-state index contributed by atoms with van der Waals surface area (Å²) in [6.45, 7) is 0. The predicted molar refractivity (Wildman–Crippen MR) is 65.9 cm³/mol. The average molecular weight is 261 g/mol. The first-order chi connectivity index (χ1) is 9.15. The van der Waals surface area contributed by atoms with Gasteiger partial charge in [0.1, 0.15) is 11.7 Å². The first-order valence-corrected chi connectivity index (χ1v) is 6.09. The van der Waals surface area contributed by atoms with Crippen molar-refractivity contribution in [3.8, 4) is 0 Å². The normalized spacial score (nSPS) is 22.8. The van der Waals surface area contributed by atoms with Gasteiger partial charge in [-0.25, -0.2) is 9.38 Å². The molecule has 2 N–H and O–H groups in total. The number of carbonyl (C=O) groups is 2. The number of hydrogen-bond donors (Lipinski definition) is 2. The van der Waals surface area contributed by atoms with Crippen molar-refractivity contribution < 1.29 is 14.0 Å². The van der Waals surface area contributed by atoms with Crippen LogP contribution in [0, 0.1) is 5.82 Å². The third-order valence-corrected chi connectivity index (χ3v) is 3.08. The summed E-state index contributed by atoms with van der Waals surface area (Å²) in [7, 11) is 0. The molecule has 1 aliphatic carbocycles. The molecule has 2 amide bonds. The summed E-state index contributed by atoms with van der Waals surface area (Å²) in [5, 5.41) is 5.01. The highest BCUT2D eigenvalue weighted by atomic mass is 19.1. The van der Waals surface area contributed by atoms with E-state index in [0.29, 0.717) is 0 Å². The van der Waals surface area contributed by atoms with Crippen LogP contribution >= 0.6 is 0 Å². The highest BCUT2D eigenvalue weighted by Gasteiger charge is 2.36. The van der Waals surface area contributed by atoms with Gasteiger partial charge in [0.05, 0.1) is 6.04 Å². The van der Waals surface area contributed by atoms with Crippen molar-refractivity contribution in [2.24, 2.45) is 4.99 Å². The Morgan fingerprint density at radius 3 is 2.32 bits per heavy atom.